The van der Waals surface area contributed by atoms with Gasteiger partial charge in [0.1, 0.15) is 15.9 Å². The molecule has 0 unspecified atom stereocenters. The summed E-state index contributed by atoms with van der Waals surface area (Å²) in [5, 5.41) is 13.8. The number of piperidine rings is 1. The smallest absolute Gasteiger partial charge is 0.252 e. The second-order valence-electron chi connectivity index (χ2n) is 6.37. The number of nitrogens with one attached hydrogen (secondary N) is 1. The first-order valence-corrected chi connectivity index (χ1v) is 10.6. The van der Waals surface area contributed by atoms with Crippen LogP contribution in [-0.2, 0) is 23.1 Å². The summed E-state index contributed by atoms with van der Waals surface area (Å²) in [5.41, 5.74) is 0.834. The number of hydrogen-bond acceptors (Lipinski definition) is 6. The van der Waals surface area contributed by atoms with Crippen LogP contribution in [-0.4, -0.2) is 47.1 Å². The highest BCUT2D eigenvalue weighted by molar-refractivity contribution is 7.91. The minimum atomic E-state index is -3.36. The number of fused-ring (bicyclic) bond motifs is 1. The lowest BCUT2D eigenvalue weighted by Crippen LogP contribution is -2.38. The fourth-order valence-electron chi connectivity index (χ4n) is 3.51. The highest BCUT2D eigenvalue weighted by atomic mass is 32.2. The predicted molar refractivity (Wildman–Crippen MR) is 91.5 cm³/mol. The third kappa shape index (κ3) is 2.69. The molecule has 130 valence electrons. The van der Waals surface area contributed by atoms with Crippen molar-refractivity contribution in [3.63, 3.8) is 0 Å². The highest BCUT2D eigenvalue weighted by Gasteiger charge is 2.33. The zero-order chi connectivity index (χ0) is 16.7. The molecule has 4 rings (SSSR count). The number of thiophene rings is 1. The molecule has 2 aliphatic rings. The van der Waals surface area contributed by atoms with Crippen LogP contribution in [0.25, 0.3) is 0 Å². The molecule has 2 aromatic heterocycles. The van der Waals surface area contributed by atoms with E-state index < -0.39 is 10.0 Å². The standard InChI is InChI=1S/C15H21N5O2S2/c1-11-4-9-23-15(11)24(21,22)19-6-2-12(3-7-19)14-18-17-13-10-16-5-8-20(13)14/h4,9,12,16H,2-3,5-8,10H2,1H3. The summed E-state index contributed by atoms with van der Waals surface area (Å²) in [6, 6.07) is 1.86. The maximum absolute atomic E-state index is 12.8. The van der Waals surface area contributed by atoms with Crippen molar-refractivity contribution < 1.29 is 8.42 Å². The Labute approximate surface area is 145 Å². The van der Waals surface area contributed by atoms with Crippen LogP contribution in [0.1, 0.15) is 36.0 Å². The van der Waals surface area contributed by atoms with Gasteiger partial charge in [0.2, 0.25) is 0 Å². The van der Waals surface area contributed by atoms with Gasteiger partial charge in [0.05, 0.1) is 6.54 Å². The molecule has 0 amide bonds. The maximum Gasteiger partial charge on any atom is 0.252 e. The third-order valence-corrected chi connectivity index (χ3v) is 8.42. The first-order valence-electron chi connectivity index (χ1n) is 8.24. The molecule has 0 bridgehead atoms. The molecule has 9 heteroatoms. The average Bonchev–Trinajstić information content (AvgIpc) is 3.21. The lowest BCUT2D eigenvalue weighted by atomic mass is 9.97. The summed E-state index contributed by atoms with van der Waals surface area (Å²) >= 11 is 1.30. The normalized spacial score (nSPS) is 20.2. The molecule has 7 nitrogen and oxygen atoms in total. The van der Waals surface area contributed by atoms with E-state index in [0.717, 1.165) is 49.7 Å². The Morgan fingerprint density at radius 3 is 2.75 bits per heavy atom. The van der Waals surface area contributed by atoms with Gasteiger partial charge in [-0.25, -0.2) is 8.42 Å². The van der Waals surface area contributed by atoms with E-state index in [1.807, 2.05) is 18.4 Å². The minimum absolute atomic E-state index is 0.292. The first kappa shape index (κ1) is 16.2. The Bertz CT molecular complexity index is 834. The number of aromatic nitrogens is 3. The molecule has 2 aliphatic heterocycles. The van der Waals surface area contributed by atoms with Crippen LogP contribution in [0.3, 0.4) is 0 Å². The Hall–Kier alpha value is -1.29. The van der Waals surface area contributed by atoms with Crippen LogP contribution in [0.2, 0.25) is 0 Å². The van der Waals surface area contributed by atoms with Gasteiger partial charge in [0, 0.05) is 32.1 Å². The van der Waals surface area contributed by atoms with E-state index in [0.29, 0.717) is 23.2 Å². The van der Waals surface area contributed by atoms with Crippen LogP contribution in [0, 0.1) is 6.92 Å². The summed E-state index contributed by atoms with van der Waals surface area (Å²) in [6.45, 7) is 5.54. The number of sulfonamides is 1. The number of aryl methyl sites for hydroxylation is 1. The second kappa shape index (κ2) is 6.21. The van der Waals surface area contributed by atoms with Crippen molar-refractivity contribution in [3.05, 3.63) is 28.7 Å². The van der Waals surface area contributed by atoms with Crippen LogP contribution in [0.15, 0.2) is 15.7 Å². The minimum Gasteiger partial charge on any atom is -0.312 e. The van der Waals surface area contributed by atoms with E-state index in [4.69, 9.17) is 0 Å². The number of rotatable bonds is 3. The molecule has 1 saturated heterocycles. The van der Waals surface area contributed by atoms with Crippen molar-refractivity contribution in [1.82, 2.24) is 24.4 Å². The van der Waals surface area contributed by atoms with E-state index in [1.165, 1.54) is 11.3 Å². The third-order valence-electron chi connectivity index (χ3n) is 4.86. The quantitative estimate of drug-likeness (QED) is 0.885. The highest BCUT2D eigenvalue weighted by Crippen LogP contribution is 2.32. The van der Waals surface area contributed by atoms with Crippen molar-refractivity contribution >= 4 is 21.4 Å². The predicted octanol–water partition coefficient (Wildman–Crippen LogP) is 1.32. The lowest BCUT2D eigenvalue weighted by Gasteiger charge is -2.31. The molecule has 0 saturated carbocycles. The van der Waals surface area contributed by atoms with E-state index in [-0.39, 0.29) is 0 Å². The van der Waals surface area contributed by atoms with Crippen molar-refractivity contribution in [2.24, 2.45) is 0 Å². The van der Waals surface area contributed by atoms with E-state index in [1.54, 1.807) is 4.31 Å². The van der Waals surface area contributed by atoms with Crippen molar-refractivity contribution in [3.8, 4) is 0 Å². The second-order valence-corrected chi connectivity index (χ2v) is 9.42. The molecule has 0 atom stereocenters. The monoisotopic (exact) mass is 367 g/mol. The summed E-state index contributed by atoms with van der Waals surface area (Å²) in [6.07, 6.45) is 1.60. The van der Waals surface area contributed by atoms with Crippen molar-refractivity contribution in [2.75, 3.05) is 19.6 Å². The van der Waals surface area contributed by atoms with Crippen LogP contribution >= 0.6 is 11.3 Å². The molecular weight excluding hydrogens is 346 g/mol. The van der Waals surface area contributed by atoms with Crippen molar-refractivity contribution in [2.45, 2.75) is 43.0 Å². The Morgan fingerprint density at radius 2 is 2.04 bits per heavy atom. The Morgan fingerprint density at radius 1 is 1.25 bits per heavy atom. The van der Waals surface area contributed by atoms with Gasteiger partial charge in [0.15, 0.2) is 0 Å². The molecule has 0 radical (unpaired) electrons. The van der Waals surface area contributed by atoms with Gasteiger partial charge in [0.25, 0.3) is 10.0 Å². The molecule has 0 spiro atoms. The van der Waals surface area contributed by atoms with E-state index >= 15 is 0 Å². The van der Waals surface area contributed by atoms with Crippen LogP contribution < -0.4 is 5.32 Å². The largest absolute Gasteiger partial charge is 0.312 e. The number of nitrogens with zero attached hydrogens (tertiary/aromatic N) is 4. The first-order chi connectivity index (χ1) is 11.6. The summed E-state index contributed by atoms with van der Waals surface area (Å²) in [7, 11) is -3.36. The van der Waals surface area contributed by atoms with Crippen LogP contribution in [0.4, 0.5) is 0 Å². The molecule has 4 heterocycles. The molecule has 24 heavy (non-hydrogen) atoms. The average molecular weight is 368 g/mol. The molecule has 1 fully saturated rings. The van der Waals surface area contributed by atoms with Gasteiger partial charge in [-0.2, -0.15) is 4.31 Å². The molecule has 2 aromatic rings. The van der Waals surface area contributed by atoms with E-state index in [2.05, 4.69) is 20.1 Å². The summed E-state index contributed by atoms with van der Waals surface area (Å²) in [5.74, 6) is 2.30. The zero-order valence-corrected chi connectivity index (χ0v) is 15.2. The van der Waals surface area contributed by atoms with Gasteiger partial charge in [-0.1, -0.05) is 0 Å². The van der Waals surface area contributed by atoms with Crippen molar-refractivity contribution in [1.29, 1.82) is 0 Å². The zero-order valence-electron chi connectivity index (χ0n) is 13.6. The van der Waals surface area contributed by atoms with Gasteiger partial charge in [-0.05, 0) is 36.8 Å². The molecule has 0 aromatic carbocycles. The van der Waals surface area contributed by atoms with Crippen LogP contribution in [0.5, 0.6) is 0 Å². The SMILES string of the molecule is Cc1ccsc1S(=O)(=O)N1CCC(c2nnc3n2CCNC3)CC1. The van der Waals surface area contributed by atoms with Gasteiger partial charge in [-0.3, -0.25) is 0 Å². The Kier molecular flexibility index (Phi) is 4.19. The summed E-state index contributed by atoms with van der Waals surface area (Å²) in [4.78, 5) is 0. The van der Waals surface area contributed by atoms with Gasteiger partial charge >= 0.3 is 0 Å². The number of hydrogen-bond donors (Lipinski definition) is 1. The fourth-order valence-corrected chi connectivity index (χ4v) is 6.53. The van der Waals surface area contributed by atoms with E-state index in [9.17, 15) is 8.42 Å². The molecule has 0 aliphatic carbocycles. The summed E-state index contributed by atoms with van der Waals surface area (Å²) < 4.78 is 29.9. The van der Waals surface area contributed by atoms with Gasteiger partial charge in [-0.15, -0.1) is 21.5 Å². The topological polar surface area (TPSA) is 80.1 Å². The maximum atomic E-state index is 12.8. The molecule has 1 N–H and O–H groups in total. The fraction of sp³-hybridized carbons (Fsp3) is 0.600. The Balaban J connectivity index is 1.49. The lowest BCUT2D eigenvalue weighted by molar-refractivity contribution is 0.307. The molecular formula is C15H21N5O2S2. The van der Waals surface area contributed by atoms with Gasteiger partial charge < -0.3 is 9.88 Å².